The maximum atomic E-state index is 5.72. The van der Waals surface area contributed by atoms with Gasteiger partial charge in [-0.1, -0.05) is 12.1 Å². The first-order valence-electron chi connectivity index (χ1n) is 4.88. The zero-order chi connectivity index (χ0) is 12.3. The summed E-state index contributed by atoms with van der Waals surface area (Å²) in [4.78, 5) is 11.4. The van der Waals surface area contributed by atoms with E-state index in [-0.39, 0.29) is 18.5 Å². The largest absolute Gasteiger partial charge is 0.483 e. The van der Waals surface area contributed by atoms with Gasteiger partial charge in [-0.2, -0.15) is 15.0 Å². The Balaban J connectivity index is 2.10. The standard InChI is InChI=1S/C10H12N6O/c11-6-3-1-2-4-7(6)17-5-8-14-9(12)16-10(13)15-8/h1-4H,5,11H2,(H4,12,13,14,15,16). The molecule has 0 aliphatic rings. The minimum atomic E-state index is 0.0668. The van der Waals surface area contributed by atoms with Crippen molar-refractivity contribution in [2.24, 2.45) is 0 Å². The van der Waals surface area contributed by atoms with Gasteiger partial charge in [0, 0.05) is 0 Å². The molecular formula is C10H12N6O. The average Bonchev–Trinajstić information content (AvgIpc) is 2.27. The molecule has 1 aromatic heterocycles. The van der Waals surface area contributed by atoms with Crippen LogP contribution in [0.3, 0.4) is 0 Å². The Kier molecular flexibility index (Phi) is 2.91. The summed E-state index contributed by atoms with van der Waals surface area (Å²) in [5, 5.41) is 0. The second-order valence-corrected chi connectivity index (χ2v) is 3.29. The van der Waals surface area contributed by atoms with E-state index in [1.807, 2.05) is 12.1 Å². The smallest absolute Gasteiger partial charge is 0.225 e. The monoisotopic (exact) mass is 232 g/mol. The molecule has 0 amide bonds. The zero-order valence-corrected chi connectivity index (χ0v) is 9.00. The van der Waals surface area contributed by atoms with E-state index in [0.717, 1.165) is 0 Å². The molecule has 0 aliphatic carbocycles. The fraction of sp³-hybridized carbons (Fsp3) is 0.100. The minimum absolute atomic E-state index is 0.0668. The number of rotatable bonds is 3. The predicted octanol–water partition coefficient (Wildman–Crippen LogP) is 0.197. The summed E-state index contributed by atoms with van der Waals surface area (Å²) in [5.74, 6) is 1.05. The van der Waals surface area contributed by atoms with Crippen LogP contribution in [0.25, 0.3) is 0 Å². The number of hydrogen-bond acceptors (Lipinski definition) is 7. The Labute approximate surface area is 97.6 Å². The van der Waals surface area contributed by atoms with Crippen molar-refractivity contribution in [2.75, 3.05) is 17.2 Å². The number of ether oxygens (including phenoxy) is 1. The lowest BCUT2D eigenvalue weighted by molar-refractivity contribution is 0.297. The first-order valence-corrected chi connectivity index (χ1v) is 4.88. The SMILES string of the molecule is Nc1nc(N)nc(COc2ccccc2N)n1. The third kappa shape index (κ3) is 2.71. The van der Waals surface area contributed by atoms with Gasteiger partial charge in [0.15, 0.2) is 5.82 Å². The molecule has 17 heavy (non-hydrogen) atoms. The van der Waals surface area contributed by atoms with E-state index >= 15 is 0 Å². The third-order valence-electron chi connectivity index (χ3n) is 1.99. The molecule has 7 heteroatoms. The van der Waals surface area contributed by atoms with Crippen LogP contribution < -0.4 is 21.9 Å². The molecule has 0 atom stereocenters. The molecule has 0 saturated carbocycles. The summed E-state index contributed by atoms with van der Waals surface area (Å²) in [6.07, 6.45) is 0. The number of nitrogen functional groups attached to an aromatic ring is 3. The Morgan fingerprint density at radius 3 is 2.24 bits per heavy atom. The van der Waals surface area contributed by atoms with Crippen LogP contribution in [-0.2, 0) is 6.61 Å². The maximum Gasteiger partial charge on any atom is 0.225 e. The zero-order valence-electron chi connectivity index (χ0n) is 9.00. The summed E-state index contributed by atoms with van der Waals surface area (Å²) in [6, 6.07) is 7.14. The highest BCUT2D eigenvalue weighted by Gasteiger charge is 2.04. The van der Waals surface area contributed by atoms with Gasteiger partial charge in [-0.25, -0.2) is 0 Å². The van der Waals surface area contributed by atoms with Crippen molar-refractivity contribution >= 4 is 17.6 Å². The molecule has 88 valence electrons. The molecule has 2 rings (SSSR count). The van der Waals surface area contributed by atoms with Gasteiger partial charge in [0.2, 0.25) is 11.9 Å². The van der Waals surface area contributed by atoms with Gasteiger partial charge in [-0.05, 0) is 12.1 Å². The van der Waals surface area contributed by atoms with Gasteiger partial charge in [-0.3, -0.25) is 0 Å². The summed E-state index contributed by atoms with van der Waals surface area (Å²) < 4.78 is 5.44. The van der Waals surface area contributed by atoms with Crippen LogP contribution in [0.4, 0.5) is 17.6 Å². The van der Waals surface area contributed by atoms with Gasteiger partial charge in [-0.15, -0.1) is 0 Å². The number of anilines is 3. The van der Waals surface area contributed by atoms with Gasteiger partial charge in [0.05, 0.1) is 5.69 Å². The quantitative estimate of drug-likeness (QED) is 0.645. The third-order valence-corrected chi connectivity index (χ3v) is 1.99. The van der Waals surface area contributed by atoms with Crippen LogP contribution >= 0.6 is 0 Å². The van der Waals surface area contributed by atoms with Crippen molar-refractivity contribution in [3.05, 3.63) is 30.1 Å². The van der Waals surface area contributed by atoms with Crippen LogP contribution in [0, 0.1) is 0 Å². The van der Waals surface area contributed by atoms with Crippen molar-refractivity contribution in [2.45, 2.75) is 6.61 Å². The molecule has 0 unspecified atom stereocenters. The van der Waals surface area contributed by atoms with Crippen molar-refractivity contribution in [3.8, 4) is 5.75 Å². The molecule has 0 bridgehead atoms. The second kappa shape index (κ2) is 4.52. The van der Waals surface area contributed by atoms with Crippen LogP contribution in [0.2, 0.25) is 0 Å². The van der Waals surface area contributed by atoms with E-state index < -0.39 is 0 Å². The second-order valence-electron chi connectivity index (χ2n) is 3.29. The lowest BCUT2D eigenvalue weighted by Gasteiger charge is -2.07. The molecule has 0 aliphatic heterocycles. The van der Waals surface area contributed by atoms with E-state index in [2.05, 4.69) is 15.0 Å². The lowest BCUT2D eigenvalue weighted by Crippen LogP contribution is -2.09. The van der Waals surface area contributed by atoms with Crippen molar-refractivity contribution in [3.63, 3.8) is 0 Å². The van der Waals surface area contributed by atoms with Gasteiger partial charge in [0.1, 0.15) is 12.4 Å². The van der Waals surface area contributed by atoms with Crippen molar-refractivity contribution in [1.82, 2.24) is 15.0 Å². The molecule has 0 spiro atoms. The number of nitrogens with zero attached hydrogens (tertiary/aromatic N) is 3. The fourth-order valence-electron chi connectivity index (χ4n) is 1.28. The molecule has 0 fully saturated rings. The van der Waals surface area contributed by atoms with Crippen LogP contribution in [0.1, 0.15) is 5.82 Å². The highest BCUT2D eigenvalue weighted by atomic mass is 16.5. The number of aromatic nitrogens is 3. The molecule has 1 aromatic carbocycles. The van der Waals surface area contributed by atoms with Crippen molar-refractivity contribution in [1.29, 1.82) is 0 Å². The van der Waals surface area contributed by atoms with Gasteiger partial charge >= 0.3 is 0 Å². The van der Waals surface area contributed by atoms with E-state index in [1.54, 1.807) is 12.1 Å². The highest BCUT2D eigenvalue weighted by molar-refractivity contribution is 5.51. The number of hydrogen-bond donors (Lipinski definition) is 3. The normalized spacial score (nSPS) is 10.1. The van der Waals surface area contributed by atoms with Crippen molar-refractivity contribution < 1.29 is 4.74 Å². The fourth-order valence-corrected chi connectivity index (χ4v) is 1.28. The van der Waals surface area contributed by atoms with Gasteiger partial charge < -0.3 is 21.9 Å². The molecule has 1 heterocycles. The molecule has 0 saturated heterocycles. The Morgan fingerprint density at radius 1 is 0.941 bits per heavy atom. The number of benzene rings is 1. The summed E-state index contributed by atoms with van der Waals surface area (Å²) in [7, 11) is 0. The Hall–Kier alpha value is -2.57. The summed E-state index contributed by atoms with van der Waals surface area (Å²) in [6.45, 7) is 0.130. The predicted molar refractivity (Wildman–Crippen MR) is 63.8 cm³/mol. The van der Waals surface area contributed by atoms with E-state index in [9.17, 15) is 0 Å². The first-order chi connectivity index (χ1) is 8.15. The average molecular weight is 232 g/mol. The molecule has 6 N–H and O–H groups in total. The maximum absolute atomic E-state index is 5.72. The summed E-state index contributed by atoms with van der Waals surface area (Å²) in [5.41, 5.74) is 17.1. The first kappa shape index (κ1) is 10.9. The van der Waals surface area contributed by atoms with Crippen LogP contribution in [0.5, 0.6) is 5.75 Å². The van der Waals surface area contributed by atoms with E-state index in [1.165, 1.54) is 0 Å². The number of nitrogens with two attached hydrogens (primary N) is 3. The topological polar surface area (TPSA) is 126 Å². The van der Waals surface area contributed by atoms with Crippen LogP contribution in [-0.4, -0.2) is 15.0 Å². The molecule has 2 aromatic rings. The van der Waals surface area contributed by atoms with Gasteiger partial charge in [0.25, 0.3) is 0 Å². The van der Waals surface area contributed by atoms with Crippen LogP contribution in [0.15, 0.2) is 24.3 Å². The van der Waals surface area contributed by atoms with E-state index in [0.29, 0.717) is 17.3 Å². The summed E-state index contributed by atoms with van der Waals surface area (Å²) >= 11 is 0. The minimum Gasteiger partial charge on any atom is -0.483 e. The Bertz CT molecular complexity index is 510. The highest BCUT2D eigenvalue weighted by Crippen LogP contribution is 2.20. The Morgan fingerprint density at radius 2 is 1.59 bits per heavy atom. The molecular weight excluding hydrogens is 220 g/mol. The molecule has 7 nitrogen and oxygen atoms in total. The van der Waals surface area contributed by atoms with E-state index in [4.69, 9.17) is 21.9 Å². The number of para-hydroxylation sites is 2. The molecule has 0 radical (unpaired) electrons. The lowest BCUT2D eigenvalue weighted by atomic mass is 10.3.